The fraction of sp³-hybridized carbons (Fsp3) is 0.0455. The van der Waals surface area contributed by atoms with Crippen molar-refractivity contribution in [2.75, 3.05) is 4.90 Å². The van der Waals surface area contributed by atoms with Gasteiger partial charge in [0.1, 0.15) is 17.4 Å². The van der Waals surface area contributed by atoms with Crippen molar-refractivity contribution in [2.45, 2.75) is 6.04 Å². The Morgan fingerprint density at radius 1 is 0.929 bits per heavy atom. The summed E-state index contributed by atoms with van der Waals surface area (Å²) in [7, 11) is 0. The Balaban J connectivity index is 1.98. The quantitative estimate of drug-likeness (QED) is 0.430. The Bertz CT molecular complexity index is 1080. The zero-order valence-corrected chi connectivity index (χ0v) is 14.6. The van der Waals surface area contributed by atoms with E-state index in [0.29, 0.717) is 5.56 Å². The summed E-state index contributed by atoms with van der Waals surface area (Å²) in [4.78, 5) is 30.9. The molecule has 0 saturated carbocycles. The summed E-state index contributed by atoms with van der Waals surface area (Å²) in [5, 5.41) is 10.8. The highest BCUT2D eigenvalue weighted by atomic mass is 19.1. The Kier molecular flexibility index (Phi) is 4.45. The van der Waals surface area contributed by atoms with Crippen molar-refractivity contribution in [1.82, 2.24) is 4.98 Å². The van der Waals surface area contributed by atoms with Crippen LogP contribution in [0.15, 0.2) is 84.6 Å². The van der Waals surface area contributed by atoms with Crippen LogP contribution >= 0.6 is 0 Å². The van der Waals surface area contributed by atoms with Gasteiger partial charge < -0.3 is 5.11 Å². The molecular weight excluding hydrogens is 359 g/mol. The van der Waals surface area contributed by atoms with Crippen LogP contribution in [0.4, 0.5) is 10.2 Å². The van der Waals surface area contributed by atoms with Crippen LogP contribution in [0.3, 0.4) is 0 Å². The summed E-state index contributed by atoms with van der Waals surface area (Å²) >= 11 is 0. The van der Waals surface area contributed by atoms with Crippen molar-refractivity contribution in [3.05, 3.63) is 102 Å². The summed E-state index contributed by atoms with van der Waals surface area (Å²) in [5.41, 5.74) is 0.291. The van der Waals surface area contributed by atoms with Crippen LogP contribution in [0.2, 0.25) is 0 Å². The first-order valence-electron chi connectivity index (χ1n) is 8.61. The molecule has 4 rings (SSSR count). The number of aromatic nitrogens is 1. The van der Waals surface area contributed by atoms with Gasteiger partial charge in [-0.1, -0.05) is 54.6 Å². The lowest BCUT2D eigenvalue weighted by molar-refractivity contribution is -0.132. The number of hydrogen-bond donors (Lipinski definition) is 1. The van der Waals surface area contributed by atoms with Crippen molar-refractivity contribution in [2.24, 2.45) is 0 Å². The molecule has 1 atom stereocenters. The second kappa shape index (κ2) is 7.08. The van der Waals surface area contributed by atoms with E-state index < -0.39 is 23.5 Å². The van der Waals surface area contributed by atoms with Crippen molar-refractivity contribution < 1.29 is 19.1 Å². The molecule has 0 unspecified atom stereocenters. The van der Waals surface area contributed by atoms with Crippen LogP contribution in [0.25, 0.3) is 5.76 Å². The van der Waals surface area contributed by atoms with Gasteiger partial charge in [0.25, 0.3) is 5.78 Å². The highest BCUT2D eigenvalue weighted by Gasteiger charge is 2.48. The van der Waals surface area contributed by atoms with Crippen LogP contribution in [-0.4, -0.2) is 21.8 Å². The standard InChI is InChI=1S/C22H15FN2O3/c23-16-11-5-4-10-15(16)19-18(20(26)14-8-2-1-3-9-14)21(27)22(28)25(19)17-12-6-7-13-24-17/h1-13,19,26H/t19-/m0/s1. The smallest absolute Gasteiger partial charge is 0.301 e. The van der Waals surface area contributed by atoms with Gasteiger partial charge in [0.05, 0.1) is 11.6 Å². The Hall–Kier alpha value is -3.80. The fourth-order valence-corrected chi connectivity index (χ4v) is 3.31. The molecule has 1 N–H and O–H groups in total. The van der Waals surface area contributed by atoms with E-state index in [9.17, 15) is 19.1 Å². The topological polar surface area (TPSA) is 70.5 Å². The largest absolute Gasteiger partial charge is 0.507 e. The number of benzene rings is 2. The molecule has 6 heteroatoms. The molecule has 0 aliphatic carbocycles. The van der Waals surface area contributed by atoms with Crippen LogP contribution < -0.4 is 4.90 Å². The number of nitrogens with zero attached hydrogens (tertiary/aromatic N) is 2. The maximum atomic E-state index is 14.7. The number of amides is 1. The Labute approximate surface area is 160 Å². The third-order valence-electron chi connectivity index (χ3n) is 4.59. The van der Waals surface area contributed by atoms with Gasteiger partial charge in [-0.3, -0.25) is 14.5 Å². The van der Waals surface area contributed by atoms with Gasteiger partial charge in [-0.2, -0.15) is 0 Å². The first kappa shape index (κ1) is 17.6. The highest BCUT2D eigenvalue weighted by molar-refractivity contribution is 6.51. The second-order valence-electron chi connectivity index (χ2n) is 6.24. The molecule has 5 nitrogen and oxygen atoms in total. The first-order chi connectivity index (χ1) is 13.6. The number of Topliss-reactive ketones (excluding diaryl/α,β-unsaturated/α-hetero) is 1. The molecule has 138 valence electrons. The third-order valence-corrected chi connectivity index (χ3v) is 4.59. The van der Waals surface area contributed by atoms with Gasteiger partial charge in [0.2, 0.25) is 0 Å². The summed E-state index contributed by atoms with van der Waals surface area (Å²) in [5.74, 6) is -2.51. The van der Waals surface area contributed by atoms with E-state index in [1.54, 1.807) is 54.6 Å². The average molecular weight is 374 g/mol. The number of carbonyl (C=O) groups is 2. The van der Waals surface area contributed by atoms with Gasteiger partial charge in [-0.05, 0) is 18.2 Å². The van der Waals surface area contributed by atoms with E-state index in [1.165, 1.54) is 24.4 Å². The molecule has 1 aromatic heterocycles. The Morgan fingerprint density at radius 3 is 2.29 bits per heavy atom. The first-order valence-corrected chi connectivity index (χ1v) is 8.61. The number of ketones is 1. The predicted molar refractivity (Wildman–Crippen MR) is 102 cm³/mol. The van der Waals surface area contributed by atoms with Crippen LogP contribution in [0, 0.1) is 5.82 Å². The van der Waals surface area contributed by atoms with Gasteiger partial charge in [0, 0.05) is 17.3 Å². The van der Waals surface area contributed by atoms with E-state index in [1.807, 2.05) is 0 Å². The molecule has 1 saturated heterocycles. The maximum Gasteiger partial charge on any atom is 0.301 e. The minimum absolute atomic E-state index is 0.102. The summed E-state index contributed by atoms with van der Waals surface area (Å²) in [6, 6.07) is 18.0. The second-order valence-corrected chi connectivity index (χ2v) is 6.24. The molecule has 0 bridgehead atoms. The summed E-state index contributed by atoms with van der Waals surface area (Å²) in [6.07, 6.45) is 1.48. The number of halogens is 1. The maximum absolute atomic E-state index is 14.7. The van der Waals surface area contributed by atoms with Crippen molar-refractivity contribution in [1.29, 1.82) is 0 Å². The molecule has 1 aliphatic rings. The number of aliphatic hydroxyl groups excluding tert-OH is 1. The van der Waals surface area contributed by atoms with Crippen LogP contribution in [0.5, 0.6) is 0 Å². The van der Waals surface area contributed by atoms with Gasteiger partial charge in [-0.25, -0.2) is 9.37 Å². The minimum Gasteiger partial charge on any atom is -0.507 e. The molecule has 1 fully saturated rings. The molecule has 1 aliphatic heterocycles. The van der Waals surface area contributed by atoms with Crippen molar-refractivity contribution >= 4 is 23.3 Å². The van der Waals surface area contributed by atoms with Gasteiger partial charge in [0.15, 0.2) is 0 Å². The fourth-order valence-electron chi connectivity index (χ4n) is 3.31. The zero-order chi connectivity index (χ0) is 19.7. The summed E-state index contributed by atoms with van der Waals surface area (Å²) in [6.45, 7) is 0. The predicted octanol–water partition coefficient (Wildman–Crippen LogP) is 3.85. The zero-order valence-electron chi connectivity index (χ0n) is 14.6. The lowest BCUT2D eigenvalue weighted by atomic mass is 9.95. The lowest BCUT2D eigenvalue weighted by Crippen LogP contribution is -2.30. The van der Waals surface area contributed by atoms with Crippen LogP contribution in [0.1, 0.15) is 17.2 Å². The normalized spacial score (nSPS) is 18.5. The molecule has 3 aromatic rings. The Morgan fingerprint density at radius 2 is 1.61 bits per heavy atom. The molecule has 2 heterocycles. The molecular formula is C22H15FN2O3. The molecule has 0 spiro atoms. The van der Waals surface area contributed by atoms with E-state index in [4.69, 9.17) is 0 Å². The van der Waals surface area contributed by atoms with Crippen molar-refractivity contribution in [3.8, 4) is 0 Å². The minimum atomic E-state index is -1.13. The lowest BCUT2D eigenvalue weighted by Gasteiger charge is -2.24. The van der Waals surface area contributed by atoms with E-state index in [-0.39, 0.29) is 22.7 Å². The van der Waals surface area contributed by atoms with E-state index >= 15 is 0 Å². The van der Waals surface area contributed by atoms with E-state index in [2.05, 4.69) is 4.98 Å². The number of anilines is 1. The highest BCUT2D eigenvalue weighted by Crippen LogP contribution is 2.42. The number of aliphatic hydroxyl groups is 1. The monoisotopic (exact) mass is 374 g/mol. The van der Waals surface area contributed by atoms with E-state index in [0.717, 1.165) is 4.90 Å². The number of pyridine rings is 1. The number of carbonyl (C=O) groups excluding carboxylic acids is 2. The van der Waals surface area contributed by atoms with Gasteiger partial charge >= 0.3 is 5.91 Å². The average Bonchev–Trinajstić information content (AvgIpc) is 3.00. The molecule has 0 radical (unpaired) electrons. The molecule has 1 amide bonds. The van der Waals surface area contributed by atoms with Crippen LogP contribution in [-0.2, 0) is 9.59 Å². The number of hydrogen-bond acceptors (Lipinski definition) is 4. The van der Waals surface area contributed by atoms with Crippen molar-refractivity contribution in [3.63, 3.8) is 0 Å². The summed E-state index contributed by atoms with van der Waals surface area (Å²) < 4.78 is 14.7. The number of rotatable bonds is 3. The third kappa shape index (κ3) is 2.85. The SMILES string of the molecule is O=C1C(=O)N(c2ccccn2)[C@@H](c2ccccc2F)C1=C(O)c1ccccc1. The van der Waals surface area contributed by atoms with Gasteiger partial charge in [-0.15, -0.1) is 0 Å². The molecule has 28 heavy (non-hydrogen) atoms. The molecule has 2 aromatic carbocycles.